The minimum absolute atomic E-state index is 0.0345. The zero-order valence-electron chi connectivity index (χ0n) is 12.7. The first-order chi connectivity index (χ1) is 11.2. The average molecular weight is 314 g/mol. The standard InChI is InChI=1S/C18H16F2N2O/c1-2-10-3-5-11(6-4-10)14-9-13(17(19)20)15-16(12-7-8-12)22-23-18(15)21-14/h3-6,9,12,17H,2,7-8H2,1H3. The lowest BCUT2D eigenvalue weighted by atomic mass is 10.0. The number of aromatic nitrogens is 2. The number of alkyl halides is 2. The SMILES string of the molecule is CCc1ccc(-c2cc(C(F)F)c3c(C4CC4)noc3n2)cc1. The van der Waals surface area contributed by atoms with E-state index in [2.05, 4.69) is 17.1 Å². The van der Waals surface area contributed by atoms with Crippen LogP contribution in [0.2, 0.25) is 0 Å². The monoisotopic (exact) mass is 314 g/mol. The second-order valence-corrected chi connectivity index (χ2v) is 5.97. The van der Waals surface area contributed by atoms with E-state index in [1.54, 1.807) is 0 Å². The van der Waals surface area contributed by atoms with E-state index in [0.717, 1.165) is 24.8 Å². The van der Waals surface area contributed by atoms with Gasteiger partial charge in [0.05, 0.1) is 16.8 Å². The van der Waals surface area contributed by atoms with Gasteiger partial charge in [0.1, 0.15) is 0 Å². The number of hydrogen-bond acceptors (Lipinski definition) is 3. The molecule has 2 aromatic heterocycles. The number of aryl methyl sites for hydroxylation is 1. The van der Waals surface area contributed by atoms with Crippen molar-refractivity contribution in [3.8, 4) is 11.3 Å². The molecular weight excluding hydrogens is 298 g/mol. The maximum atomic E-state index is 13.6. The first kappa shape index (κ1) is 14.3. The summed E-state index contributed by atoms with van der Waals surface area (Å²) in [6, 6.07) is 9.25. The highest BCUT2D eigenvalue weighted by atomic mass is 19.3. The fourth-order valence-electron chi connectivity index (χ4n) is 2.87. The van der Waals surface area contributed by atoms with Crippen molar-refractivity contribution < 1.29 is 13.3 Å². The molecule has 0 aliphatic heterocycles. The molecule has 118 valence electrons. The van der Waals surface area contributed by atoms with E-state index < -0.39 is 6.43 Å². The Balaban J connectivity index is 1.87. The lowest BCUT2D eigenvalue weighted by molar-refractivity contribution is 0.153. The lowest BCUT2D eigenvalue weighted by Crippen LogP contribution is -1.94. The van der Waals surface area contributed by atoms with Gasteiger partial charge in [-0.15, -0.1) is 0 Å². The molecule has 5 heteroatoms. The lowest BCUT2D eigenvalue weighted by Gasteiger charge is -2.07. The second kappa shape index (κ2) is 5.41. The number of halogens is 2. The first-order valence-electron chi connectivity index (χ1n) is 7.85. The van der Waals surface area contributed by atoms with E-state index in [1.165, 1.54) is 11.6 Å². The van der Waals surface area contributed by atoms with E-state index in [9.17, 15) is 8.78 Å². The normalized spacial score (nSPS) is 14.8. The van der Waals surface area contributed by atoms with Crippen LogP contribution in [-0.2, 0) is 6.42 Å². The summed E-state index contributed by atoms with van der Waals surface area (Å²) in [5.41, 5.74) is 3.30. The van der Waals surface area contributed by atoms with Crippen molar-refractivity contribution in [3.63, 3.8) is 0 Å². The summed E-state index contributed by atoms with van der Waals surface area (Å²) in [5.74, 6) is 0.241. The van der Waals surface area contributed by atoms with Crippen LogP contribution in [0.15, 0.2) is 34.9 Å². The molecule has 0 unspecified atom stereocenters. The molecule has 1 fully saturated rings. The largest absolute Gasteiger partial charge is 0.335 e. The molecular formula is C18H16F2N2O. The van der Waals surface area contributed by atoms with Crippen LogP contribution >= 0.6 is 0 Å². The van der Waals surface area contributed by atoms with Gasteiger partial charge in [0, 0.05) is 17.0 Å². The van der Waals surface area contributed by atoms with Crippen molar-refractivity contribution in [3.05, 3.63) is 47.2 Å². The first-order valence-corrected chi connectivity index (χ1v) is 7.85. The third-order valence-electron chi connectivity index (χ3n) is 4.36. The number of hydrogen-bond donors (Lipinski definition) is 0. The average Bonchev–Trinajstić information content (AvgIpc) is 3.33. The minimum Gasteiger partial charge on any atom is -0.335 e. The molecule has 1 aliphatic carbocycles. The highest BCUT2D eigenvalue weighted by molar-refractivity contribution is 5.84. The smallest absolute Gasteiger partial charge is 0.264 e. The zero-order valence-corrected chi connectivity index (χ0v) is 12.7. The van der Waals surface area contributed by atoms with Gasteiger partial charge in [0.25, 0.3) is 12.1 Å². The maximum absolute atomic E-state index is 13.6. The molecule has 4 rings (SSSR count). The molecule has 0 amide bonds. The van der Waals surface area contributed by atoms with E-state index in [0.29, 0.717) is 16.8 Å². The van der Waals surface area contributed by atoms with Crippen LogP contribution in [0.1, 0.15) is 48.9 Å². The molecule has 3 nitrogen and oxygen atoms in total. The zero-order chi connectivity index (χ0) is 16.0. The molecule has 0 atom stereocenters. The third kappa shape index (κ3) is 2.50. The molecule has 1 saturated carbocycles. The molecule has 0 N–H and O–H groups in total. The van der Waals surface area contributed by atoms with Gasteiger partial charge in [-0.2, -0.15) is 0 Å². The van der Waals surface area contributed by atoms with Gasteiger partial charge in [0.15, 0.2) is 0 Å². The van der Waals surface area contributed by atoms with Crippen molar-refractivity contribution in [2.24, 2.45) is 0 Å². The molecule has 1 aromatic carbocycles. The number of fused-ring (bicyclic) bond motifs is 1. The van der Waals surface area contributed by atoms with E-state index >= 15 is 0 Å². The van der Waals surface area contributed by atoms with Gasteiger partial charge < -0.3 is 4.52 Å². The van der Waals surface area contributed by atoms with Crippen LogP contribution in [0.3, 0.4) is 0 Å². The predicted molar refractivity (Wildman–Crippen MR) is 83.6 cm³/mol. The van der Waals surface area contributed by atoms with Gasteiger partial charge >= 0.3 is 0 Å². The van der Waals surface area contributed by atoms with Crippen molar-refractivity contribution >= 4 is 11.1 Å². The molecule has 2 heterocycles. The van der Waals surface area contributed by atoms with Gasteiger partial charge in [-0.05, 0) is 30.9 Å². The van der Waals surface area contributed by atoms with Crippen LogP contribution in [0.4, 0.5) is 8.78 Å². The fraction of sp³-hybridized carbons (Fsp3) is 0.333. The summed E-state index contributed by atoms with van der Waals surface area (Å²) >= 11 is 0. The Morgan fingerprint density at radius 1 is 1.22 bits per heavy atom. The summed E-state index contributed by atoms with van der Waals surface area (Å²) in [6.07, 6.45) is 0.308. The summed E-state index contributed by atoms with van der Waals surface area (Å²) in [6.45, 7) is 2.07. The number of nitrogens with zero attached hydrogens (tertiary/aromatic N) is 2. The topological polar surface area (TPSA) is 38.9 Å². The highest BCUT2D eigenvalue weighted by Gasteiger charge is 2.32. The van der Waals surface area contributed by atoms with Crippen molar-refractivity contribution in [1.29, 1.82) is 0 Å². The van der Waals surface area contributed by atoms with Crippen molar-refractivity contribution in [1.82, 2.24) is 10.1 Å². The Hall–Kier alpha value is -2.30. The van der Waals surface area contributed by atoms with Crippen molar-refractivity contribution in [2.75, 3.05) is 0 Å². The quantitative estimate of drug-likeness (QED) is 0.658. The summed E-state index contributed by atoms with van der Waals surface area (Å²) in [7, 11) is 0. The van der Waals surface area contributed by atoms with Crippen LogP contribution in [0, 0.1) is 0 Å². The van der Waals surface area contributed by atoms with E-state index in [1.807, 2.05) is 24.3 Å². The van der Waals surface area contributed by atoms with Gasteiger partial charge in [-0.25, -0.2) is 13.8 Å². The van der Waals surface area contributed by atoms with E-state index in [4.69, 9.17) is 4.52 Å². The molecule has 0 saturated heterocycles. The Bertz CT molecular complexity index is 851. The molecule has 0 bridgehead atoms. The Morgan fingerprint density at radius 2 is 1.96 bits per heavy atom. The number of rotatable bonds is 4. The Morgan fingerprint density at radius 3 is 2.57 bits per heavy atom. The van der Waals surface area contributed by atoms with Gasteiger partial charge in [-0.1, -0.05) is 36.3 Å². The predicted octanol–water partition coefficient (Wildman–Crippen LogP) is 5.27. The van der Waals surface area contributed by atoms with Gasteiger partial charge in [-0.3, -0.25) is 0 Å². The van der Waals surface area contributed by atoms with E-state index in [-0.39, 0.29) is 17.2 Å². The Kier molecular flexibility index (Phi) is 3.36. The summed E-state index contributed by atoms with van der Waals surface area (Å²) in [4.78, 5) is 4.41. The number of benzene rings is 1. The third-order valence-corrected chi connectivity index (χ3v) is 4.36. The highest BCUT2D eigenvalue weighted by Crippen LogP contribution is 2.44. The summed E-state index contributed by atoms with van der Waals surface area (Å²) in [5, 5.41) is 4.39. The molecule has 0 radical (unpaired) electrons. The maximum Gasteiger partial charge on any atom is 0.264 e. The molecule has 3 aromatic rings. The van der Waals surface area contributed by atoms with Crippen LogP contribution < -0.4 is 0 Å². The van der Waals surface area contributed by atoms with Crippen molar-refractivity contribution in [2.45, 2.75) is 38.5 Å². The summed E-state index contributed by atoms with van der Waals surface area (Å²) < 4.78 is 32.4. The fourth-order valence-corrected chi connectivity index (χ4v) is 2.87. The second-order valence-electron chi connectivity index (χ2n) is 5.97. The number of pyridine rings is 1. The molecule has 23 heavy (non-hydrogen) atoms. The van der Waals surface area contributed by atoms with Crippen LogP contribution in [-0.4, -0.2) is 10.1 Å². The molecule has 1 aliphatic rings. The van der Waals surface area contributed by atoms with Crippen LogP contribution in [0.5, 0.6) is 0 Å². The van der Waals surface area contributed by atoms with Gasteiger partial charge in [0.2, 0.25) is 0 Å². The van der Waals surface area contributed by atoms with Crippen LogP contribution in [0.25, 0.3) is 22.4 Å². The minimum atomic E-state index is -2.58. The Labute approximate surface area is 132 Å². The molecule has 0 spiro atoms.